The van der Waals surface area contributed by atoms with E-state index >= 15 is 0 Å². The normalized spacial score (nSPS) is 12.1. The van der Waals surface area contributed by atoms with Gasteiger partial charge in [-0.1, -0.05) is 87.4 Å². The molecule has 0 atom stereocenters. The Morgan fingerprint density at radius 3 is 0.662 bits per heavy atom. The molecule has 0 aliphatic rings. The molecule has 0 saturated carbocycles. The van der Waals surface area contributed by atoms with Gasteiger partial charge >= 0.3 is 0 Å². The number of fused-ring (bicyclic) bond motifs is 9. The van der Waals surface area contributed by atoms with E-state index in [1.807, 2.05) is 0 Å². The van der Waals surface area contributed by atoms with E-state index in [9.17, 15) is 0 Å². The molecule has 300 valence electrons. The highest BCUT2D eigenvalue weighted by Gasteiger charge is 2.32. The molecular weight excluding hydrogens is 796 g/mol. The van der Waals surface area contributed by atoms with E-state index < -0.39 is 0 Å². The molecule has 0 bridgehead atoms. The Bertz CT molecular complexity index is 4050. The summed E-state index contributed by atoms with van der Waals surface area (Å²) < 4.78 is 14.3. The summed E-state index contributed by atoms with van der Waals surface area (Å²) in [5.41, 5.74) is 41.4. The van der Waals surface area contributed by atoms with Gasteiger partial charge in [-0.25, -0.2) is 0 Å². The van der Waals surface area contributed by atoms with Gasteiger partial charge < -0.3 is 8.83 Å². The van der Waals surface area contributed by atoms with Crippen molar-refractivity contribution in [2.45, 2.75) is 0 Å². The third-order valence-electron chi connectivity index (χ3n) is 19.3. The molecule has 2 nitrogen and oxygen atoms in total. The first-order chi connectivity index (χ1) is 31.8. The lowest BCUT2D eigenvalue weighted by atomic mass is 9.57. The average molecular weight is 844 g/mol. The van der Waals surface area contributed by atoms with E-state index in [0.29, 0.717) is 0 Å². The molecule has 0 saturated heterocycles. The monoisotopic (exact) mass is 849 g/mol. The lowest BCUT2D eigenvalue weighted by Gasteiger charge is -2.31. The van der Waals surface area contributed by atoms with Gasteiger partial charge in [0.05, 0.1) is 0 Å². The second-order valence-corrected chi connectivity index (χ2v) is 21.8. The predicted octanol–water partition coefficient (Wildman–Crippen LogP) is -29.5. The highest BCUT2D eigenvalue weighted by Crippen LogP contribution is 2.40. The quantitative estimate of drug-likeness (QED) is 0.128. The van der Waals surface area contributed by atoms with Crippen molar-refractivity contribution in [3.8, 4) is 22.3 Å². The van der Waals surface area contributed by atoms with Crippen LogP contribution in [0.25, 0.3) is 98.4 Å². The molecule has 0 aliphatic heterocycles. The van der Waals surface area contributed by atoms with E-state index in [2.05, 4.69) is 188 Å². The summed E-state index contributed by atoms with van der Waals surface area (Å²) in [5.74, 6) is 0. The lowest BCUT2D eigenvalue weighted by molar-refractivity contribution is 0.674. The van der Waals surface area contributed by atoms with E-state index in [1.165, 1.54) is 207 Å². The van der Waals surface area contributed by atoms with Crippen LogP contribution in [0.15, 0.2) is 8.83 Å². The van der Waals surface area contributed by atoms with Crippen LogP contribution >= 0.6 is 0 Å². The molecule has 0 radical (unpaired) electrons. The molecule has 10 rings (SSSR count). The van der Waals surface area contributed by atoms with Gasteiger partial charge in [-0.3, -0.25) is 0 Å². The minimum atomic E-state index is 1.02. The summed E-state index contributed by atoms with van der Waals surface area (Å²) in [6, 6.07) is 0. The van der Waals surface area contributed by atoms with Crippen LogP contribution in [-0.4, -0.2) is 188 Å². The van der Waals surface area contributed by atoms with Crippen molar-refractivity contribution >= 4 is 396 Å². The van der Waals surface area contributed by atoms with Gasteiger partial charge in [0.1, 0.15) is 211 Å². The molecule has 0 spiro atoms. The summed E-state index contributed by atoms with van der Waals surface area (Å²) in [5, 5.41) is 13.3. The Labute approximate surface area is 424 Å². The maximum absolute atomic E-state index is 7.25. The molecule has 0 aliphatic carbocycles. The minimum absolute atomic E-state index is 1.02. The van der Waals surface area contributed by atoms with Crippen LogP contribution in [0.1, 0.15) is 0 Å². The maximum atomic E-state index is 7.25. The summed E-state index contributed by atoms with van der Waals surface area (Å²) in [7, 11) is 56.0. The smallest absolute Gasteiger partial charge is 0.145 e. The lowest BCUT2D eigenvalue weighted by Crippen LogP contribution is -2.50. The summed E-state index contributed by atoms with van der Waals surface area (Å²) in [6.07, 6.45) is 0. The van der Waals surface area contributed by atoms with Gasteiger partial charge in [0.15, 0.2) is 0 Å². The van der Waals surface area contributed by atoms with Crippen molar-refractivity contribution in [2.75, 3.05) is 0 Å². The van der Waals surface area contributed by atoms with Crippen molar-refractivity contribution < 1.29 is 8.83 Å². The Kier molecular flexibility index (Phi) is 10.9. The van der Waals surface area contributed by atoms with Crippen LogP contribution in [0.2, 0.25) is 0 Å². The van der Waals surface area contributed by atoms with E-state index in [1.54, 1.807) is 0 Å². The SMILES string of the molecule is Bc1c(B)c(B)c2c(oc3c(B)c(B)c(-c4c5c(B)c(B)c(B)c(B)c5c(-c5c(B)c(B)c6oc7c(B)c8c(B)c(B)c(B)c(B)c8c(B)c7c6c5B)c5c(B)c(B)c(B)c(B)c45)c(B)c32)c1B. The van der Waals surface area contributed by atoms with Crippen LogP contribution in [0.5, 0.6) is 0 Å². The van der Waals surface area contributed by atoms with Gasteiger partial charge in [-0.05, 0) is 60.0 Å². The molecule has 0 N–H and O–H groups in total. The number of benzene rings is 8. The van der Waals surface area contributed by atoms with Crippen molar-refractivity contribution in [1.82, 2.24) is 0 Å². The predicted molar refractivity (Wildman–Crippen MR) is 381 cm³/mol. The fraction of sp³-hybridized carbons (Fsp3) is 0. The Morgan fingerprint density at radius 2 is 0.338 bits per heavy atom. The topological polar surface area (TPSA) is 26.3 Å². The zero-order valence-electron chi connectivity index (χ0n) is 45.8. The molecule has 0 fully saturated rings. The molecule has 0 amide bonds. The molecule has 68 heavy (non-hydrogen) atoms. The van der Waals surface area contributed by atoms with Crippen LogP contribution in [0, 0.1) is 0 Å². The van der Waals surface area contributed by atoms with Crippen LogP contribution < -0.4 is 131 Å². The van der Waals surface area contributed by atoms with Crippen molar-refractivity contribution in [3.05, 3.63) is 0 Å². The first-order valence-corrected chi connectivity index (χ1v) is 25.1. The van der Waals surface area contributed by atoms with Crippen molar-refractivity contribution in [2.24, 2.45) is 0 Å². The molecule has 2 heterocycles. The summed E-state index contributed by atoms with van der Waals surface area (Å²) in [6.45, 7) is 0. The average Bonchev–Trinajstić information content (AvgIpc) is 3.92. The van der Waals surface area contributed by atoms with Crippen LogP contribution in [0.3, 0.4) is 0 Å². The molecule has 2 aromatic heterocycles. The zero-order valence-corrected chi connectivity index (χ0v) is 45.8. The molecular formula is C42H48B24O2. The van der Waals surface area contributed by atoms with E-state index in [0.717, 1.165) is 22.3 Å². The fourth-order valence-corrected chi connectivity index (χ4v) is 13.7. The number of hydrogen-bond donors (Lipinski definition) is 0. The highest BCUT2D eigenvalue weighted by molar-refractivity contribution is 6.76. The second-order valence-electron chi connectivity index (χ2n) is 21.8. The second kappa shape index (κ2) is 15.6. The Morgan fingerprint density at radius 1 is 0.132 bits per heavy atom. The van der Waals surface area contributed by atoms with E-state index in [4.69, 9.17) is 8.83 Å². The number of furan rings is 2. The molecule has 10 aromatic rings. The third-order valence-corrected chi connectivity index (χ3v) is 19.3. The fourth-order valence-electron chi connectivity index (χ4n) is 13.7. The largest absolute Gasteiger partial charge is 0.457 e. The first-order valence-electron chi connectivity index (χ1n) is 25.1. The third kappa shape index (κ3) is 5.70. The Balaban J connectivity index is 1.51. The zero-order chi connectivity index (χ0) is 49.7. The molecule has 8 aromatic carbocycles. The standard InChI is InChI=1S/C42H48B24O2/c43-15-7(24(52)36(64)40-12(15)11-17(45)9-10(27(55)39(11)67-40)23(51)33(61)32(60)22(9)50)1-3-5(20(48)30(58)28(56)18(3)46)2(6-4(1)19(47)29(57)31(59)21(6)49)8-16(44)13-14-26(54)34(62)35(63)38(66)42(14)68-41(13)37(65)25(8)53/h43-66H2. The number of hydrogen-bond acceptors (Lipinski definition) is 2. The summed E-state index contributed by atoms with van der Waals surface area (Å²) >= 11 is 0. The molecule has 0 unspecified atom stereocenters. The number of rotatable bonds is 2. The Hall–Kier alpha value is -4.30. The van der Waals surface area contributed by atoms with Crippen molar-refractivity contribution in [3.63, 3.8) is 0 Å². The van der Waals surface area contributed by atoms with Gasteiger partial charge in [-0.15, -0.1) is 38.2 Å². The first kappa shape index (κ1) is 47.4. The highest BCUT2D eigenvalue weighted by atomic mass is 16.3. The van der Waals surface area contributed by atoms with Gasteiger partial charge in [0.2, 0.25) is 0 Å². The molecule has 26 heteroatoms. The minimum Gasteiger partial charge on any atom is -0.457 e. The maximum Gasteiger partial charge on any atom is 0.145 e. The van der Waals surface area contributed by atoms with E-state index in [-0.39, 0.29) is 0 Å². The van der Waals surface area contributed by atoms with Crippen LogP contribution in [0.4, 0.5) is 0 Å². The van der Waals surface area contributed by atoms with Gasteiger partial charge in [-0.2, -0.15) is 0 Å². The summed E-state index contributed by atoms with van der Waals surface area (Å²) in [4.78, 5) is 0. The van der Waals surface area contributed by atoms with Gasteiger partial charge in [0.25, 0.3) is 0 Å². The van der Waals surface area contributed by atoms with Crippen molar-refractivity contribution in [1.29, 1.82) is 0 Å². The van der Waals surface area contributed by atoms with Gasteiger partial charge in [0, 0.05) is 21.5 Å². The van der Waals surface area contributed by atoms with Crippen LogP contribution in [-0.2, 0) is 0 Å².